The molecule has 3 heterocycles. The third kappa shape index (κ3) is 3.81. The van der Waals surface area contributed by atoms with Crippen molar-refractivity contribution >= 4 is 5.91 Å². The zero-order valence-electron chi connectivity index (χ0n) is 16.6. The number of aromatic nitrogens is 3. The van der Waals surface area contributed by atoms with Gasteiger partial charge in [0.2, 0.25) is 5.88 Å². The van der Waals surface area contributed by atoms with Crippen molar-refractivity contribution in [2.24, 2.45) is 0 Å². The van der Waals surface area contributed by atoms with Crippen molar-refractivity contribution in [2.75, 3.05) is 27.3 Å². The topological polar surface area (TPSA) is 80.3 Å². The molecule has 7 nitrogen and oxygen atoms in total. The Bertz CT molecular complexity index is 993. The Morgan fingerprint density at radius 2 is 1.97 bits per heavy atom. The minimum atomic E-state index is -0.0361. The number of nitrogens with one attached hydrogen (secondary N) is 1. The van der Waals surface area contributed by atoms with Gasteiger partial charge in [-0.15, -0.1) is 0 Å². The van der Waals surface area contributed by atoms with E-state index < -0.39 is 0 Å². The van der Waals surface area contributed by atoms with Gasteiger partial charge in [0.1, 0.15) is 11.3 Å². The van der Waals surface area contributed by atoms with Crippen LogP contribution in [-0.2, 0) is 0 Å². The number of amides is 1. The molecule has 0 atom stereocenters. The van der Waals surface area contributed by atoms with Crippen LogP contribution in [0.15, 0.2) is 48.8 Å². The average molecular weight is 392 g/mol. The molecule has 0 aliphatic carbocycles. The Kier molecular flexibility index (Phi) is 5.46. The summed E-state index contributed by atoms with van der Waals surface area (Å²) in [6.45, 7) is 1.36. The molecule has 0 bridgehead atoms. The lowest BCUT2D eigenvalue weighted by Crippen LogP contribution is -2.38. The molecule has 2 aromatic heterocycles. The molecule has 3 aromatic rings. The normalized spacial score (nSPS) is 14.6. The number of nitrogens with zero attached hydrogens (tertiary/aromatic N) is 3. The van der Waals surface area contributed by atoms with Gasteiger partial charge in [-0.05, 0) is 42.7 Å². The Balaban J connectivity index is 1.48. The summed E-state index contributed by atoms with van der Waals surface area (Å²) < 4.78 is 10.6. The number of carbonyl (C=O) groups is 1. The molecule has 1 aromatic carbocycles. The summed E-state index contributed by atoms with van der Waals surface area (Å²) >= 11 is 0. The number of ether oxygens (including phenoxy) is 2. The van der Waals surface area contributed by atoms with Gasteiger partial charge in [0, 0.05) is 36.5 Å². The van der Waals surface area contributed by atoms with Gasteiger partial charge in [0.25, 0.3) is 5.91 Å². The van der Waals surface area contributed by atoms with Crippen LogP contribution >= 0.6 is 0 Å². The van der Waals surface area contributed by atoms with Gasteiger partial charge in [-0.1, -0.05) is 12.1 Å². The summed E-state index contributed by atoms with van der Waals surface area (Å²) in [6.07, 6.45) is 5.23. The summed E-state index contributed by atoms with van der Waals surface area (Å²) in [5.74, 6) is 1.47. The number of hydrogen-bond acceptors (Lipinski definition) is 5. The molecular weight excluding hydrogens is 368 g/mol. The van der Waals surface area contributed by atoms with Crippen molar-refractivity contribution in [1.82, 2.24) is 20.1 Å². The lowest BCUT2D eigenvalue weighted by molar-refractivity contribution is 0.0708. The van der Waals surface area contributed by atoms with Crippen molar-refractivity contribution < 1.29 is 14.3 Å². The first-order valence-corrected chi connectivity index (χ1v) is 9.67. The third-order valence-electron chi connectivity index (χ3n) is 5.43. The highest BCUT2D eigenvalue weighted by Gasteiger charge is 2.28. The monoisotopic (exact) mass is 392 g/mol. The highest BCUT2D eigenvalue weighted by atomic mass is 16.5. The molecule has 0 unspecified atom stereocenters. The second-order valence-corrected chi connectivity index (χ2v) is 7.06. The van der Waals surface area contributed by atoms with Crippen LogP contribution in [0.1, 0.15) is 34.8 Å². The van der Waals surface area contributed by atoms with Gasteiger partial charge < -0.3 is 14.4 Å². The maximum Gasteiger partial charge on any atom is 0.259 e. The number of aromatic amines is 1. The fourth-order valence-corrected chi connectivity index (χ4v) is 3.89. The number of methoxy groups -OCH3 is 2. The first-order valence-electron chi connectivity index (χ1n) is 9.67. The minimum absolute atomic E-state index is 0.0361. The molecule has 1 amide bonds. The average Bonchev–Trinajstić information content (AvgIpc) is 3.28. The van der Waals surface area contributed by atoms with E-state index in [9.17, 15) is 4.79 Å². The largest absolute Gasteiger partial charge is 0.497 e. The van der Waals surface area contributed by atoms with E-state index in [1.165, 1.54) is 7.11 Å². The van der Waals surface area contributed by atoms with E-state index in [1.54, 1.807) is 25.4 Å². The maximum atomic E-state index is 12.9. The number of benzene rings is 1. The summed E-state index contributed by atoms with van der Waals surface area (Å²) in [7, 11) is 3.20. The molecular formula is C22H24N4O3. The van der Waals surface area contributed by atoms with Crippen molar-refractivity contribution in [2.45, 2.75) is 18.8 Å². The van der Waals surface area contributed by atoms with Gasteiger partial charge in [0.15, 0.2) is 0 Å². The number of carbonyl (C=O) groups excluding carboxylic acids is 1. The van der Waals surface area contributed by atoms with Gasteiger partial charge in [-0.2, -0.15) is 5.10 Å². The highest BCUT2D eigenvalue weighted by molar-refractivity contribution is 5.96. The van der Waals surface area contributed by atoms with Crippen molar-refractivity contribution in [3.63, 3.8) is 0 Å². The zero-order chi connectivity index (χ0) is 20.2. The van der Waals surface area contributed by atoms with Gasteiger partial charge in [-0.3, -0.25) is 9.89 Å². The van der Waals surface area contributed by atoms with Crippen LogP contribution in [0.5, 0.6) is 11.6 Å². The molecule has 7 heteroatoms. The second-order valence-electron chi connectivity index (χ2n) is 7.06. The van der Waals surface area contributed by atoms with Crippen molar-refractivity contribution in [3.8, 4) is 22.8 Å². The predicted octanol–water partition coefficient (Wildman–Crippen LogP) is 3.51. The summed E-state index contributed by atoms with van der Waals surface area (Å²) in [4.78, 5) is 18.9. The molecule has 1 fully saturated rings. The standard InChI is InChI=1S/C22H24N4O3/c1-28-17-6-3-5-16(13-17)19-14-24-25-20(19)15-8-11-26(12-9-15)22(27)18-7-4-10-23-21(18)29-2/h3-7,10,13-15H,8-9,11-12H2,1-2H3,(H,24,25). The van der Waals surface area contributed by atoms with E-state index in [-0.39, 0.29) is 5.91 Å². The smallest absolute Gasteiger partial charge is 0.259 e. The molecule has 0 saturated carbocycles. The highest BCUT2D eigenvalue weighted by Crippen LogP contribution is 2.35. The van der Waals surface area contributed by atoms with Gasteiger partial charge in [-0.25, -0.2) is 4.98 Å². The van der Waals surface area contributed by atoms with Crippen molar-refractivity contribution in [1.29, 1.82) is 0 Å². The Morgan fingerprint density at radius 3 is 2.72 bits per heavy atom. The number of hydrogen-bond donors (Lipinski definition) is 1. The van der Waals surface area contributed by atoms with E-state index in [0.717, 1.165) is 35.4 Å². The van der Waals surface area contributed by atoms with E-state index in [4.69, 9.17) is 9.47 Å². The number of piperidine rings is 1. The van der Waals surface area contributed by atoms with Crippen LogP contribution in [0, 0.1) is 0 Å². The van der Waals surface area contributed by atoms with Crippen LogP contribution < -0.4 is 9.47 Å². The molecule has 150 valence electrons. The molecule has 0 radical (unpaired) electrons. The first-order chi connectivity index (χ1) is 14.2. The van der Waals surface area contributed by atoms with E-state index >= 15 is 0 Å². The SMILES string of the molecule is COc1cccc(-c2cn[nH]c2C2CCN(C(=O)c3cccnc3OC)CC2)c1. The Hall–Kier alpha value is -3.35. The fraction of sp³-hybridized carbons (Fsp3) is 0.318. The summed E-state index contributed by atoms with van der Waals surface area (Å²) in [5, 5.41) is 7.46. The number of H-pyrrole nitrogens is 1. The van der Waals surface area contributed by atoms with Crippen LogP contribution in [0.25, 0.3) is 11.1 Å². The number of pyridine rings is 1. The quantitative estimate of drug-likeness (QED) is 0.719. The van der Waals surface area contributed by atoms with Crippen LogP contribution in [-0.4, -0.2) is 53.3 Å². The molecule has 1 aliphatic rings. The van der Waals surface area contributed by atoms with Gasteiger partial charge >= 0.3 is 0 Å². The summed E-state index contributed by atoms with van der Waals surface area (Å²) in [5.41, 5.74) is 3.78. The van der Waals surface area contributed by atoms with E-state index in [0.29, 0.717) is 30.5 Å². The molecule has 1 N–H and O–H groups in total. The lowest BCUT2D eigenvalue weighted by Gasteiger charge is -2.32. The minimum Gasteiger partial charge on any atom is -0.497 e. The molecule has 0 spiro atoms. The van der Waals surface area contributed by atoms with Crippen LogP contribution in [0.4, 0.5) is 0 Å². The number of likely N-dealkylation sites (tertiary alicyclic amines) is 1. The van der Waals surface area contributed by atoms with E-state index in [1.807, 2.05) is 29.3 Å². The fourth-order valence-electron chi connectivity index (χ4n) is 3.89. The first kappa shape index (κ1) is 19.0. The van der Waals surface area contributed by atoms with E-state index in [2.05, 4.69) is 21.2 Å². The molecule has 1 saturated heterocycles. The number of rotatable bonds is 5. The van der Waals surface area contributed by atoms with Crippen LogP contribution in [0.3, 0.4) is 0 Å². The Morgan fingerprint density at radius 1 is 1.14 bits per heavy atom. The van der Waals surface area contributed by atoms with Crippen LogP contribution in [0.2, 0.25) is 0 Å². The van der Waals surface area contributed by atoms with Crippen molar-refractivity contribution in [3.05, 3.63) is 60.0 Å². The molecule has 4 rings (SSSR count). The lowest BCUT2D eigenvalue weighted by atomic mass is 9.89. The molecule has 1 aliphatic heterocycles. The molecule has 29 heavy (non-hydrogen) atoms. The van der Waals surface area contributed by atoms with Gasteiger partial charge in [0.05, 0.1) is 20.4 Å². The maximum absolute atomic E-state index is 12.9. The Labute approximate surface area is 169 Å². The predicted molar refractivity (Wildman–Crippen MR) is 109 cm³/mol. The summed E-state index contributed by atoms with van der Waals surface area (Å²) in [6, 6.07) is 11.5. The third-order valence-corrected chi connectivity index (χ3v) is 5.43. The second kappa shape index (κ2) is 8.34. The zero-order valence-corrected chi connectivity index (χ0v) is 16.6.